The summed E-state index contributed by atoms with van der Waals surface area (Å²) in [5, 5.41) is 0. The molecule has 0 aliphatic heterocycles. The molecule has 8 nitrogen and oxygen atoms in total. The number of ether oxygens (including phenoxy) is 2. The van der Waals surface area contributed by atoms with E-state index >= 15 is 0 Å². The van der Waals surface area contributed by atoms with Crippen molar-refractivity contribution in [2.75, 3.05) is 33.9 Å². The molecule has 10 heteroatoms. The fourth-order valence-corrected chi connectivity index (χ4v) is 4.87. The molecule has 0 saturated heterocycles. The van der Waals surface area contributed by atoms with Crippen LogP contribution >= 0.6 is 0 Å². The first kappa shape index (κ1) is 24.7. The van der Waals surface area contributed by atoms with Gasteiger partial charge in [0.15, 0.2) is 5.78 Å². The first-order valence-corrected chi connectivity index (χ1v) is 11.0. The van der Waals surface area contributed by atoms with Gasteiger partial charge in [-0.25, -0.2) is 17.6 Å². The first-order valence-electron chi connectivity index (χ1n) is 9.58. The summed E-state index contributed by atoms with van der Waals surface area (Å²) in [5.74, 6) is -1.60. The molecule has 0 amide bonds. The predicted molar refractivity (Wildman–Crippen MR) is 112 cm³/mol. The molecule has 0 aliphatic carbocycles. The highest BCUT2D eigenvalue weighted by Crippen LogP contribution is 2.24. The van der Waals surface area contributed by atoms with Crippen LogP contribution < -0.4 is 0 Å². The molecule has 1 aromatic heterocycles. The van der Waals surface area contributed by atoms with Crippen LogP contribution in [0.5, 0.6) is 0 Å². The molecule has 2 aromatic rings. The van der Waals surface area contributed by atoms with Gasteiger partial charge in [-0.15, -0.1) is 0 Å². The number of benzene rings is 1. The molecular weight excluding hydrogens is 427 g/mol. The Hall–Kier alpha value is -2.56. The second kappa shape index (κ2) is 10.2. The Bertz CT molecular complexity index is 1060. The number of aromatic nitrogens is 1. The topological polar surface area (TPSA) is 94.9 Å². The number of Topliss-reactive ketones (excluding diaryl/α,β-unsaturated/α-hetero) is 1. The number of nitrogens with zero attached hydrogens (tertiary/aromatic N) is 2. The van der Waals surface area contributed by atoms with Crippen molar-refractivity contribution in [2.45, 2.75) is 25.2 Å². The molecule has 0 bridgehead atoms. The Balaban J connectivity index is 2.43. The lowest BCUT2D eigenvalue weighted by molar-refractivity contribution is 0.0588. The van der Waals surface area contributed by atoms with Crippen molar-refractivity contribution in [1.82, 2.24) is 8.87 Å². The Morgan fingerprint density at radius 2 is 1.74 bits per heavy atom. The summed E-state index contributed by atoms with van der Waals surface area (Å²) in [4.78, 5) is 25.2. The van der Waals surface area contributed by atoms with Crippen LogP contribution in [0.4, 0.5) is 4.39 Å². The summed E-state index contributed by atoms with van der Waals surface area (Å²) < 4.78 is 51.9. The van der Waals surface area contributed by atoms with Crippen LogP contribution in [-0.2, 0) is 26.5 Å². The van der Waals surface area contributed by atoms with Crippen molar-refractivity contribution in [3.05, 3.63) is 52.6 Å². The summed E-state index contributed by atoms with van der Waals surface area (Å²) in [5.41, 5.74) is 1.46. The molecule has 170 valence electrons. The lowest BCUT2D eigenvalue weighted by Crippen LogP contribution is -2.37. The Kier molecular flexibility index (Phi) is 8.10. The van der Waals surface area contributed by atoms with E-state index in [9.17, 15) is 22.4 Å². The lowest BCUT2D eigenvalue weighted by atomic mass is 10.1. The van der Waals surface area contributed by atoms with Gasteiger partial charge in [0.05, 0.1) is 18.6 Å². The normalized spacial score (nSPS) is 11.7. The van der Waals surface area contributed by atoms with E-state index in [0.29, 0.717) is 24.3 Å². The average molecular weight is 455 g/mol. The largest absolute Gasteiger partial charge is 0.464 e. The minimum absolute atomic E-state index is 0.0358. The number of methoxy groups -OCH3 is 2. The monoisotopic (exact) mass is 454 g/mol. The summed E-state index contributed by atoms with van der Waals surface area (Å²) >= 11 is 0. The predicted octanol–water partition coefficient (Wildman–Crippen LogP) is 2.48. The van der Waals surface area contributed by atoms with E-state index in [1.165, 1.54) is 14.2 Å². The SMILES string of the molecule is COCCCN(CC(=O)c1c(C)c(C(=O)OC)n(C)c1C)S(=O)(=O)c1ccc(F)cc1. The second-order valence-corrected chi connectivity index (χ2v) is 8.98. The van der Waals surface area contributed by atoms with E-state index < -0.39 is 34.1 Å². The van der Waals surface area contributed by atoms with Crippen molar-refractivity contribution >= 4 is 21.8 Å². The van der Waals surface area contributed by atoms with Crippen LogP contribution in [0.1, 0.15) is 38.5 Å². The Labute approximate surface area is 181 Å². The first-order chi connectivity index (χ1) is 14.6. The Morgan fingerprint density at radius 1 is 1.13 bits per heavy atom. The number of carbonyl (C=O) groups is 2. The maximum absolute atomic E-state index is 13.3. The maximum atomic E-state index is 13.3. The quantitative estimate of drug-likeness (QED) is 0.311. The number of ketones is 1. The summed E-state index contributed by atoms with van der Waals surface area (Å²) in [6.07, 6.45) is 0.365. The van der Waals surface area contributed by atoms with Crippen molar-refractivity contribution in [2.24, 2.45) is 7.05 Å². The fourth-order valence-electron chi connectivity index (χ4n) is 3.44. The van der Waals surface area contributed by atoms with Gasteiger partial charge in [0.25, 0.3) is 0 Å². The molecular formula is C21H27FN2O6S. The highest BCUT2D eigenvalue weighted by molar-refractivity contribution is 7.89. The van der Waals surface area contributed by atoms with E-state index in [2.05, 4.69) is 0 Å². The molecule has 0 aliphatic rings. The van der Waals surface area contributed by atoms with Gasteiger partial charge in [0.1, 0.15) is 11.5 Å². The molecule has 0 radical (unpaired) electrons. The van der Waals surface area contributed by atoms with Crippen molar-refractivity contribution in [3.8, 4) is 0 Å². The van der Waals surface area contributed by atoms with E-state index in [1.807, 2.05) is 0 Å². The molecule has 31 heavy (non-hydrogen) atoms. The van der Waals surface area contributed by atoms with Crippen LogP contribution in [0.3, 0.4) is 0 Å². The summed E-state index contributed by atoms with van der Waals surface area (Å²) in [6.45, 7) is 3.20. The number of esters is 1. The zero-order valence-corrected chi connectivity index (χ0v) is 19.1. The van der Waals surface area contributed by atoms with E-state index in [0.717, 1.165) is 28.6 Å². The van der Waals surface area contributed by atoms with Gasteiger partial charge in [-0.1, -0.05) is 0 Å². The van der Waals surface area contributed by atoms with Gasteiger partial charge in [-0.2, -0.15) is 4.31 Å². The average Bonchev–Trinajstić information content (AvgIpc) is 2.95. The summed E-state index contributed by atoms with van der Waals surface area (Å²) in [7, 11) is 0.320. The molecule has 0 spiro atoms. The third-order valence-corrected chi connectivity index (χ3v) is 6.97. The number of sulfonamides is 1. The fraction of sp³-hybridized carbons (Fsp3) is 0.429. The van der Waals surface area contributed by atoms with Crippen LogP contribution in [0.2, 0.25) is 0 Å². The van der Waals surface area contributed by atoms with E-state index in [-0.39, 0.29) is 22.7 Å². The van der Waals surface area contributed by atoms with Crippen LogP contribution in [0.15, 0.2) is 29.2 Å². The summed E-state index contributed by atoms with van der Waals surface area (Å²) in [6, 6.07) is 4.42. The van der Waals surface area contributed by atoms with Crippen molar-refractivity contribution in [3.63, 3.8) is 0 Å². The smallest absolute Gasteiger partial charge is 0.354 e. The molecule has 0 saturated carbocycles. The minimum atomic E-state index is -4.06. The standard InChI is InChI=1S/C21H27FN2O6S/c1-14-19(15(2)23(3)20(14)21(26)30-5)18(25)13-24(11-6-12-29-4)31(27,28)17-9-7-16(22)8-10-17/h7-10H,6,11-13H2,1-5H3. The van der Waals surface area contributed by atoms with Crippen molar-refractivity contribution < 1.29 is 31.9 Å². The van der Waals surface area contributed by atoms with Gasteiger partial charge < -0.3 is 14.0 Å². The zero-order chi connectivity index (χ0) is 23.3. The Morgan fingerprint density at radius 3 is 2.29 bits per heavy atom. The molecule has 0 fully saturated rings. The number of hydrogen-bond donors (Lipinski definition) is 0. The van der Waals surface area contributed by atoms with Crippen LogP contribution in [0, 0.1) is 19.7 Å². The number of halogens is 1. The molecule has 1 aromatic carbocycles. The molecule has 2 rings (SSSR count). The third-order valence-electron chi connectivity index (χ3n) is 5.12. The van der Waals surface area contributed by atoms with Gasteiger partial charge >= 0.3 is 5.97 Å². The maximum Gasteiger partial charge on any atom is 0.354 e. The number of carbonyl (C=O) groups excluding carboxylic acids is 2. The van der Waals surface area contributed by atoms with Crippen molar-refractivity contribution in [1.29, 1.82) is 0 Å². The minimum Gasteiger partial charge on any atom is -0.464 e. The van der Waals surface area contributed by atoms with Crippen LogP contribution in [-0.4, -0.2) is 63.0 Å². The van der Waals surface area contributed by atoms with Gasteiger partial charge in [-0.05, 0) is 50.1 Å². The van der Waals surface area contributed by atoms with Crippen LogP contribution in [0.25, 0.3) is 0 Å². The molecule has 0 N–H and O–H groups in total. The second-order valence-electron chi connectivity index (χ2n) is 7.05. The van der Waals surface area contributed by atoms with Gasteiger partial charge in [0, 0.05) is 38.6 Å². The molecule has 0 atom stereocenters. The molecule has 1 heterocycles. The van der Waals surface area contributed by atoms with E-state index in [4.69, 9.17) is 9.47 Å². The zero-order valence-electron chi connectivity index (χ0n) is 18.3. The van der Waals surface area contributed by atoms with E-state index in [1.54, 1.807) is 25.5 Å². The number of hydrogen-bond acceptors (Lipinski definition) is 6. The highest BCUT2D eigenvalue weighted by Gasteiger charge is 2.30. The lowest BCUT2D eigenvalue weighted by Gasteiger charge is -2.22. The van der Waals surface area contributed by atoms with Gasteiger partial charge in [0.2, 0.25) is 10.0 Å². The highest BCUT2D eigenvalue weighted by atomic mass is 32.2. The molecule has 0 unspecified atom stereocenters. The number of rotatable bonds is 10. The third kappa shape index (κ3) is 5.20. The van der Waals surface area contributed by atoms with Gasteiger partial charge in [-0.3, -0.25) is 4.79 Å².